The molecule has 0 amide bonds. The zero-order valence-corrected chi connectivity index (χ0v) is 13.5. The Labute approximate surface area is 127 Å². The van der Waals surface area contributed by atoms with Crippen molar-refractivity contribution in [2.75, 3.05) is 0 Å². The van der Waals surface area contributed by atoms with E-state index in [0.717, 1.165) is 28.0 Å². The number of aliphatic hydroxyl groups excluding tert-OH is 1. The molecule has 5 heteroatoms. The molecule has 2 rings (SSSR count). The maximum atomic E-state index is 9.81. The average molecular weight is 339 g/mol. The number of ether oxygens (including phenoxy) is 1. The molecule has 1 heterocycles. The van der Waals surface area contributed by atoms with E-state index in [1.165, 1.54) is 0 Å². The van der Waals surface area contributed by atoms with Gasteiger partial charge >= 0.3 is 0 Å². The van der Waals surface area contributed by atoms with Crippen LogP contribution in [0.4, 0.5) is 0 Å². The molecular formula is C15H19BrN2O2. The number of aryl methyl sites for hydroxylation is 2. The van der Waals surface area contributed by atoms with Crippen LogP contribution in [0.3, 0.4) is 0 Å². The van der Waals surface area contributed by atoms with Gasteiger partial charge in [-0.1, -0.05) is 15.9 Å². The molecule has 0 spiro atoms. The first-order valence-corrected chi connectivity index (χ1v) is 7.44. The Morgan fingerprint density at radius 3 is 2.80 bits per heavy atom. The van der Waals surface area contributed by atoms with Crippen molar-refractivity contribution in [1.29, 1.82) is 0 Å². The Kier molecular flexibility index (Phi) is 4.83. The second-order valence-electron chi connectivity index (χ2n) is 4.74. The lowest BCUT2D eigenvalue weighted by atomic mass is 10.1. The van der Waals surface area contributed by atoms with E-state index >= 15 is 0 Å². The maximum absolute atomic E-state index is 9.81. The summed E-state index contributed by atoms with van der Waals surface area (Å²) in [6.07, 6.45) is -0.569. The first kappa shape index (κ1) is 15.1. The Hall–Kier alpha value is -1.33. The summed E-state index contributed by atoms with van der Waals surface area (Å²) < 4.78 is 8.71. The number of hydrogen-bond acceptors (Lipinski definition) is 3. The lowest BCUT2D eigenvalue weighted by molar-refractivity contribution is 0.189. The lowest BCUT2D eigenvalue weighted by Gasteiger charge is -2.14. The number of aliphatic hydroxyl groups is 1. The van der Waals surface area contributed by atoms with Gasteiger partial charge in [0.1, 0.15) is 12.4 Å². The maximum Gasteiger partial charge on any atom is 0.130 e. The quantitative estimate of drug-likeness (QED) is 0.905. The number of halogens is 1. The van der Waals surface area contributed by atoms with Crippen LogP contribution in [-0.4, -0.2) is 14.9 Å². The third kappa shape index (κ3) is 3.41. The van der Waals surface area contributed by atoms with Crippen LogP contribution in [0.15, 0.2) is 28.7 Å². The molecule has 0 saturated heterocycles. The van der Waals surface area contributed by atoms with E-state index in [9.17, 15) is 5.11 Å². The Morgan fingerprint density at radius 1 is 1.40 bits per heavy atom. The van der Waals surface area contributed by atoms with Gasteiger partial charge in [-0.3, -0.25) is 4.68 Å². The third-order valence-electron chi connectivity index (χ3n) is 3.08. The SMILES string of the molecule is CCn1nc(C)cc1COc1ccc(Br)cc1[C@@H](C)O. The van der Waals surface area contributed by atoms with E-state index in [1.54, 1.807) is 6.92 Å². The van der Waals surface area contributed by atoms with E-state index in [-0.39, 0.29) is 0 Å². The van der Waals surface area contributed by atoms with Crippen molar-refractivity contribution in [2.45, 2.75) is 40.0 Å². The van der Waals surface area contributed by atoms with Crippen molar-refractivity contribution >= 4 is 15.9 Å². The molecule has 0 bridgehead atoms. The van der Waals surface area contributed by atoms with E-state index < -0.39 is 6.10 Å². The number of benzene rings is 1. The van der Waals surface area contributed by atoms with Gasteiger partial charge in [-0.2, -0.15) is 5.10 Å². The largest absolute Gasteiger partial charge is 0.487 e. The fourth-order valence-corrected chi connectivity index (χ4v) is 2.50. The second-order valence-corrected chi connectivity index (χ2v) is 5.66. The van der Waals surface area contributed by atoms with Gasteiger partial charge in [-0.25, -0.2) is 0 Å². The number of rotatable bonds is 5. The molecule has 0 aliphatic carbocycles. The van der Waals surface area contributed by atoms with Crippen LogP contribution < -0.4 is 4.74 Å². The molecule has 2 aromatic rings. The molecule has 0 radical (unpaired) electrons. The Bertz CT molecular complexity index is 594. The zero-order valence-electron chi connectivity index (χ0n) is 11.9. The summed E-state index contributed by atoms with van der Waals surface area (Å²) in [4.78, 5) is 0. The van der Waals surface area contributed by atoms with Gasteiger partial charge in [0, 0.05) is 16.6 Å². The topological polar surface area (TPSA) is 47.3 Å². The fourth-order valence-electron chi connectivity index (χ4n) is 2.12. The molecule has 0 saturated carbocycles. The number of aromatic nitrogens is 2. The van der Waals surface area contributed by atoms with E-state index in [0.29, 0.717) is 12.4 Å². The minimum Gasteiger partial charge on any atom is -0.487 e. The van der Waals surface area contributed by atoms with Crippen LogP contribution in [0.25, 0.3) is 0 Å². The molecule has 1 atom stereocenters. The highest BCUT2D eigenvalue weighted by atomic mass is 79.9. The van der Waals surface area contributed by atoms with Crippen molar-refractivity contribution in [3.63, 3.8) is 0 Å². The standard InChI is InChI=1S/C15H19BrN2O2/c1-4-18-13(7-10(2)17-18)9-20-15-6-5-12(16)8-14(15)11(3)19/h5-8,11,19H,4,9H2,1-3H3/t11-/m1/s1. The molecule has 108 valence electrons. The Morgan fingerprint density at radius 2 is 2.15 bits per heavy atom. The Balaban J connectivity index is 2.18. The second kappa shape index (κ2) is 6.41. The molecule has 1 aromatic heterocycles. The molecule has 0 aliphatic rings. The summed E-state index contributed by atoms with van der Waals surface area (Å²) in [7, 11) is 0. The predicted molar refractivity (Wildman–Crippen MR) is 81.7 cm³/mol. The highest BCUT2D eigenvalue weighted by molar-refractivity contribution is 9.10. The average Bonchev–Trinajstić information content (AvgIpc) is 2.77. The molecule has 0 unspecified atom stereocenters. The van der Waals surface area contributed by atoms with Gasteiger partial charge in [0.2, 0.25) is 0 Å². The van der Waals surface area contributed by atoms with Crippen molar-refractivity contribution in [3.8, 4) is 5.75 Å². The summed E-state index contributed by atoms with van der Waals surface area (Å²) in [5, 5.41) is 14.2. The molecular weight excluding hydrogens is 320 g/mol. The van der Waals surface area contributed by atoms with Crippen LogP contribution in [0.1, 0.15) is 36.9 Å². The number of hydrogen-bond donors (Lipinski definition) is 1. The van der Waals surface area contributed by atoms with Gasteiger partial charge < -0.3 is 9.84 Å². The molecule has 0 fully saturated rings. The van der Waals surface area contributed by atoms with Gasteiger partial charge in [0.15, 0.2) is 0 Å². The normalized spacial score (nSPS) is 12.4. The highest BCUT2D eigenvalue weighted by Crippen LogP contribution is 2.29. The third-order valence-corrected chi connectivity index (χ3v) is 3.58. The van der Waals surface area contributed by atoms with Crippen LogP contribution in [0.5, 0.6) is 5.75 Å². The van der Waals surface area contributed by atoms with Crippen LogP contribution in [0.2, 0.25) is 0 Å². The molecule has 1 N–H and O–H groups in total. The molecule has 4 nitrogen and oxygen atoms in total. The predicted octanol–water partition coefficient (Wildman–Crippen LogP) is 3.61. The first-order valence-electron chi connectivity index (χ1n) is 6.65. The van der Waals surface area contributed by atoms with Gasteiger partial charge in [0.25, 0.3) is 0 Å². The van der Waals surface area contributed by atoms with Gasteiger partial charge in [-0.05, 0) is 45.0 Å². The first-order chi connectivity index (χ1) is 9.51. The van der Waals surface area contributed by atoms with Crippen LogP contribution in [0, 0.1) is 6.92 Å². The fraction of sp³-hybridized carbons (Fsp3) is 0.400. The summed E-state index contributed by atoms with van der Waals surface area (Å²) in [5.41, 5.74) is 2.79. The van der Waals surface area contributed by atoms with Gasteiger partial charge in [-0.15, -0.1) is 0 Å². The van der Waals surface area contributed by atoms with E-state index in [1.807, 2.05) is 35.9 Å². The number of nitrogens with zero attached hydrogens (tertiary/aromatic N) is 2. The summed E-state index contributed by atoms with van der Waals surface area (Å²) >= 11 is 3.41. The zero-order chi connectivity index (χ0) is 14.7. The summed E-state index contributed by atoms with van der Waals surface area (Å²) in [6, 6.07) is 7.67. The van der Waals surface area contributed by atoms with Crippen molar-refractivity contribution < 1.29 is 9.84 Å². The minimum atomic E-state index is -0.569. The van der Waals surface area contributed by atoms with Crippen molar-refractivity contribution in [1.82, 2.24) is 9.78 Å². The molecule has 0 aliphatic heterocycles. The minimum absolute atomic E-state index is 0.441. The van der Waals surface area contributed by atoms with Crippen molar-refractivity contribution in [2.24, 2.45) is 0 Å². The van der Waals surface area contributed by atoms with Gasteiger partial charge in [0.05, 0.1) is 17.5 Å². The monoisotopic (exact) mass is 338 g/mol. The lowest BCUT2D eigenvalue weighted by Crippen LogP contribution is -2.07. The van der Waals surface area contributed by atoms with Crippen LogP contribution in [-0.2, 0) is 13.2 Å². The summed E-state index contributed by atoms with van der Waals surface area (Å²) in [5.74, 6) is 0.699. The smallest absolute Gasteiger partial charge is 0.130 e. The van der Waals surface area contributed by atoms with Crippen LogP contribution >= 0.6 is 15.9 Å². The summed E-state index contributed by atoms with van der Waals surface area (Å²) in [6.45, 7) is 7.01. The molecule has 1 aromatic carbocycles. The van der Waals surface area contributed by atoms with E-state index in [4.69, 9.17) is 4.74 Å². The van der Waals surface area contributed by atoms with E-state index in [2.05, 4.69) is 28.0 Å². The highest BCUT2D eigenvalue weighted by Gasteiger charge is 2.11. The van der Waals surface area contributed by atoms with Crippen molar-refractivity contribution in [3.05, 3.63) is 45.7 Å². The molecule has 20 heavy (non-hydrogen) atoms.